The summed E-state index contributed by atoms with van der Waals surface area (Å²) in [6.45, 7) is 1.03. The zero-order valence-corrected chi connectivity index (χ0v) is 19.2. The van der Waals surface area contributed by atoms with E-state index in [1.807, 2.05) is 0 Å². The molecule has 1 atom stereocenters. The van der Waals surface area contributed by atoms with E-state index in [0.717, 1.165) is 44.2 Å². The van der Waals surface area contributed by atoms with Crippen LogP contribution in [0.2, 0.25) is 0 Å². The van der Waals surface area contributed by atoms with Crippen LogP contribution in [0.25, 0.3) is 0 Å². The molecule has 3 aliphatic rings. The number of benzene rings is 1. The summed E-state index contributed by atoms with van der Waals surface area (Å²) in [6.07, 6.45) is 5.74. The Morgan fingerprint density at radius 3 is 2.69 bits per heavy atom. The van der Waals surface area contributed by atoms with Gasteiger partial charge in [0, 0.05) is 37.5 Å². The van der Waals surface area contributed by atoms with Gasteiger partial charge in [0.2, 0.25) is 5.43 Å². The highest BCUT2D eigenvalue weighted by molar-refractivity contribution is 5.99. The summed E-state index contributed by atoms with van der Waals surface area (Å²) in [5.41, 5.74) is -1.29. The summed E-state index contributed by atoms with van der Waals surface area (Å²) in [6, 6.07) is 3.17. The van der Waals surface area contributed by atoms with Gasteiger partial charge in [-0.3, -0.25) is 14.4 Å². The van der Waals surface area contributed by atoms with Crippen LogP contribution in [0.1, 0.15) is 58.5 Å². The minimum atomic E-state index is -0.943. The molecule has 0 bridgehead atoms. The van der Waals surface area contributed by atoms with Crippen molar-refractivity contribution < 1.29 is 28.2 Å². The lowest BCUT2D eigenvalue weighted by molar-refractivity contribution is 0.00839. The van der Waals surface area contributed by atoms with Gasteiger partial charge in [0.25, 0.3) is 11.8 Å². The second kappa shape index (κ2) is 9.41. The number of aromatic hydroxyl groups is 1. The molecule has 3 heterocycles. The lowest BCUT2D eigenvalue weighted by atomic mass is 9.88. The van der Waals surface area contributed by atoms with Crippen LogP contribution in [0.3, 0.4) is 0 Å². The topological polar surface area (TPSA) is 92.1 Å². The summed E-state index contributed by atoms with van der Waals surface area (Å²) in [7, 11) is 0. The molecule has 2 amide bonds. The molecule has 1 saturated heterocycles. The molecule has 2 aliphatic heterocycles. The number of hydrogen-bond donors (Lipinski definition) is 1. The predicted molar refractivity (Wildman–Crippen MR) is 121 cm³/mol. The summed E-state index contributed by atoms with van der Waals surface area (Å²) in [5, 5.41) is 10.6. The lowest BCUT2D eigenvalue weighted by Gasteiger charge is -2.32. The Morgan fingerprint density at radius 2 is 1.94 bits per heavy atom. The van der Waals surface area contributed by atoms with E-state index in [2.05, 4.69) is 0 Å². The number of aromatic nitrogens is 1. The maximum atomic E-state index is 14.5. The average Bonchev–Trinajstić information content (AvgIpc) is 3.32. The fourth-order valence-electron chi connectivity index (χ4n) is 5.31. The number of hydrogen-bond acceptors (Lipinski definition) is 5. The van der Waals surface area contributed by atoms with E-state index in [0.29, 0.717) is 19.7 Å². The molecule has 1 aliphatic carbocycles. The van der Waals surface area contributed by atoms with E-state index in [9.17, 15) is 28.3 Å². The first-order valence-corrected chi connectivity index (χ1v) is 12.0. The van der Waals surface area contributed by atoms with E-state index in [1.165, 1.54) is 26.6 Å². The van der Waals surface area contributed by atoms with Crippen LogP contribution in [0, 0.1) is 17.6 Å². The van der Waals surface area contributed by atoms with Gasteiger partial charge in [0.1, 0.15) is 17.2 Å². The van der Waals surface area contributed by atoms with Gasteiger partial charge in [-0.2, -0.15) is 0 Å². The molecule has 1 N–H and O–H groups in total. The summed E-state index contributed by atoms with van der Waals surface area (Å²) >= 11 is 0. The van der Waals surface area contributed by atoms with Gasteiger partial charge < -0.3 is 24.2 Å². The summed E-state index contributed by atoms with van der Waals surface area (Å²) < 4.78 is 34.8. The Labute approximate surface area is 200 Å². The quantitative estimate of drug-likeness (QED) is 0.700. The van der Waals surface area contributed by atoms with E-state index in [4.69, 9.17) is 4.74 Å². The molecule has 1 aromatic heterocycles. The highest BCUT2D eigenvalue weighted by Crippen LogP contribution is 2.29. The Morgan fingerprint density at radius 1 is 1.17 bits per heavy atom. The molecule has 35 heavy (non-hydrogen) atoms. The number of carbonyl (C=O) groups is 2. The zero-order valence-electron chi connectivity index (χ0n) is 19.2. The molecular weight excluding hydrogens is 460 g/mol. The van der Waals surface area contributed by atoms with Crippen molar-refractivity contribution in [2.24, 2.45) is 5.92 Å². The van der Waals surface area contributed by atoms with Crippen molar-refractivity contribution in [1.82, 2.24) is 14.4 Å². The van der Waals surface area contributed by atoms with E-state index < -0.39 is 40.9 Å². The molecule has 1 saturated carbocycles. The van der Waals surface area contributed by atoms with Crippen molar-refractivity contribution in [3.8, 4) is 5.75 Å². The van der Waals surface area contributed by atoms with Crippen LogP contribution in [-0.2, 0) is 17.8 Å². The van der Waals surface area contributed by atoms with Gasteiger partial charge in [-0.1, -0.05) is 25.3 Å². The van der Waals surface area contributed by atoms with E-state index in [-0.39, 0.29) is 35.8 Å². The van der Waals surface area contributed by atoms with Crippen molar-refractivity contribution in [3.63, 3.8) is 0 Å². The Bertz CT molecular complexity index is 1220. The van der Waals surface area contributed by atoms with Crippen molar-refractivity contribution in [2.75, 3.05) is 19.7 Å². The fourth-order valence-corrected chi connectivity index (χ4v) is 5.31. The third-order valence-corrected chi connectivity index (χ3v) is 7.16. The highest BCUT2D eigenvalue weighted by Gasteiger charge is 2.39. The minimum absolute atomic E-state index is 0.128. The molecule has 2 aromatic rings. The second-order valence-electron chi connectivity index (χ2n) is 9.47. The minimum Gasteiger partial charge on any atom is -0.503 e. The van der Waals surface area contributed by atoms with Crippen LogP contribution in [-0.4, -0.2) is 57.2 Å². The maximum Gasteiger partial charge on any atom is 0.276 e. The first kappa shape index (κ1) is 23.5. The van der Waals surface area contributed by atoms with E-state index in [1.54, 1.807) is 0 Å². The molecular formula is C25H27F2N3O5. The third-order valence-electron chi connectivity index (χ3n) is 7.16. The zero-order chi connectivity index (χ0) is 24.7. The number of halogens is 2. The van der Waals surface area contributed by atoms with Gasteiger partial charge in [0.05, 0.1) is 13.2 Å². The lowest BCUT2D eigenvalue weighted by Crippen LogP contribution is -2.46. The van der Waals surface area contributed by atoms with Crippen LogP contribution in [0.15, 0.2) is 29.2 Å². The molecule has 8 nitrogen and oxygen atoms in total. The fraction of sp³-hybridized carbons (Fsp3) is 0.480. The highest BCUT2D eigenvalue weighted by atomic mass is 19.1. The predicted octanol–water partition coefficient (Wildman–Crippen LogP) is 2.87. The average molecular weight is 488 g/mol. The van der Waals surface area contributed by atoms with Crippen LogP contribution in [0.5, 0.6) is 5.75 Å². The van der Waals surface area contributed by atoms with Gasteiger partial charge >= 0.3 is 0 Å². The van der Waals surface area contributed by atoms with Gasteiger partial charge in [0.15, 0.2) is 17.7 Å². The molecule has 2 fully saturated rings. The van der Waals surface area contributed by atoms with Crippen LogP contribution >= 0.6 is 0 Å². The van der Waals surface area contributed by atoms with Crippen LogP contribution in [0.4, 0.5) is 8.78 Å². The van der Waals surface area contributed by atoms with Crippen LogP contribution < -0.4 is 5.43 Å². The first-order chi connectivity index (χ1) is 16.8. The number of carbonyl (C=O) groups excluding carboxylic acids is 2. The van der Waals surface area contributed by atoms with Crippen molar-refractivity contribution in [3.05, 3.63) is 63.1 Å². The third kappa shape index (κ3) is 4.42. The SMILES string of the molecule is O=C(c1cn2c(c(O)c1=O)C(=O)N1CCO[C@@H]1C2)N(Cc1ccc(F)cc1F)CC1CCCCC1. The molecule has 0 radical (unpaired) electrons. The summed E-state index contributed by atoms with van der Waals surface area (Å²) in [4.78, 5) is 42.3. The van der Waals surface area contributed by atoms with Crippen molar-refractivity contribution in [2.45, 2.75) is 51.4 Å². The molecule has 5 rings (SSSR count). The molecule has 1 aromatic carbocycles. The maximum absolute atomic E-state index is 14.5. The monoisotopic (exact) mass is 487 g/mol. The number of rotatable bonds is 5. The number of fused-ring (bicyclic) bond motifs is 2. The normalized spacial score (nSPS) is 20.0. The van der Waals surface area contributed by atoms with Gasteiger partial charge in [-0.15, -0.1) is 0 Å². The first-order valence-electron chi connectivity index (χ1n) is 12.0. The van der Waals surface area contributed by atoms with Crippen molar-refractivity contribution in [1.29, 1.82) is 0 Å². The smallest absolute Gasteiger partial charge is 0.276 e. The van der Waals surface area contributed by atoms with Gasteiger partial charge in [-0.25, -0.2) is 8.78 Å². The molecule has 186 valence electrons. The number of nitrogens with zero attached hydrogens (tertiary/aromatic N) is 3. The second-order valence-corrected chi connectivity index (χ2v) is 9.47. The number of pyridine rings is 1. The number of ether oxygens (including phenoxy) is 1. The van der Waals surface area contributed by atoms with Gasteiger partial charge in [-0.05, 0) is 24.8 Å². The Balaban J connectivity index is 1.50. The largest absolute Gasteiger partial charge is 0.503 e. The van der Waals surface area contributed by atoms with E-state index >= 15 is 0 Å². The molecule has 10 heteroatoms. The molecule has 0 unspecified atom stereocenters. The Kier molecular flexibility index (Phi) is 6.31. The molecule has 0 spiro atoms. The standard InChI is InChI=1S/C25H27F2N3O5/c26-17-7-6-16(19(27)10-17)12-29(11-15-4-2-1-3-5-15)24(33)18-13-28-14-20-30(8-9-35-20)25(34)21(28)23(32)22(18)31/h6-7,10,13,15,20,32H,1-5,8-9,11-12,14H2/t20-/m1/s1. The number of amides is 2. The van der Waals surface area contributed by atoms with Crippen molar-refractivity contribution >= 4 is 11.8 Å². The Hall–Kier alpha value is -3.27. The summed E-state index contributed by atoms with van der Waals surface area (Å²) in [5.74, 6) is -3.29.